The Morgan fingerprint density at radius 1 is 0.871 bits per heavy atom. The lowest BCUT2D eigenvalue weighted by Gasteiger charge is -2.12. The zero-order valence-corrected chi connectivity index (χ0v) is 16.1. The maximum atomic E-state index is 12.7. The highest BCUT2D eigenvalue weighted by Crippen LogP contribution is 2.30. The quantitative estimate of drug-likeness (QED) is 0.624. The summed E-state index contributed by atoms with van der Waals surface area (Å²) in [6.45, 7) is 0. The number of benzene rings is 3. The lowest BCUT2D eigenvalue weighted by atomic mass is 10.1. The summed E-state index contributed by atoms with van der Waals surface area (Å²) in [4.78, 5) is 25.0. The third-order valence-electron chi connectivity index (χ3n) is 4.80. The molecule has 0 radical (unpaired) electrons. The van der Waals surface area contributed by atoms with Crippen molar-refractivity contribution in [1.82, 2.24) is 0 Å². The summed E-state index contributed by atoms with van der Waals surface area (Å²) in [6, 6.07) is 17.8. The Morgan fingerprint density at radius 2 is 1.61 bits per heavy atom. The number of carbonyl (C=O) groups excluding carboxylic acids is 2. The first-order valence-corrected chi connectivity index (χ1v) is 9.44. The highest BCUT2D eigenvalue weighted by Gasteiger charge is 2.30. The molecule has 2 amide bonds. The molecular formula is C23H17F3N2O3. The highest BCUT2D eigenvalue weighted by molar-refractivity contribution is 6.05. The third-order valence-corrected chi connectivity index (χ3v) is 4.80. The minimum absolute atomic E-state index is 0.226. The first-order valence-electron chi connectivity index (χ1n) is 9.44. The Labute approximate surface area is 175 Å². The maximum Gasteiger partial charge on any atom is 0.416 e. The third kappa shape index (κ3) is 4.69. The van der Waals surface area contributed by atoms with E-state index in [-0.39, 0.29) is 17.2 Å². The predicted octanol–water partition coefficient (Wildman–Crippen LogP) is 4.90. The van der Waals surface area contributed by atoms with Gasteiger partial charge in [0.25, 0.3) is 11.8 Å². The first-order chi connectivity index (χ1) is 14.8. The number of ether oxygens (including phenoxy) is 1. The second kappa shape index (κ2) is 8.14. The van der Waals surface area contributed by atoms with Crippen molar-refractivity contribution in [3.63, 3.8) is 0 Å². The van der Waals surface area contributed by atoms with Gasteiger partial charge in [0.1, 0.15) is 5.75 Å². The van der Waals surface area contributed by atoms with Gasteiger partial charge in [0.05, 0.1) is 5.56 Å². The van der Waals surface area contributed by atoms with E-state index in [2.05, 4.69) is 10.6 Å². The van der Waals surface area contributed by atoms with Gasteiger partial charge in [0.2, 0.25) is 0 Å². The smallest absolute Gasteiger partial charge is 0.416 e. The molecule has 8 heteroatoms. The van der Waals surface area contributed by atoms with Gasteiger partial charge >= 0.3 is 6.18 Å². The van der Waals surface area contributed by atoms with Crippen LogP contribution in [0, 0.1) is 0 Å². The molecule has 0 bridgehead atoms. The molecule has 3 aromatic rings. The maximum absolute atomic E-state index is 12.7. The molecule has 3 aromatic carbocycles. The SMILES string of the molecule is O=C(Nc1ccc(C(F)(F)F)cc1)c1cccc(NC(=O)C2Cc3ccccc3O2)c1. The van der Waals surface area contributed by atoms with E-state index in [1.54, 1.807) is 18.2 Å². The van der Waals surface area contributed by atoms with Crippen molar-refractivity contribution in [2.24, 2.45) is 0 Å². The molecule has 0 aromatic heterocycles. The fourth-order valence-corrected chi connectivity index (χ4v) is 3.24. The Hall–Kier alpha value is -3.81. The van der Waals surface area contributed by atoms with E-state index < -0.39 is 23.8 Å². The van der Waals surface area contributed by atoms with Crippen LogP contribution in [0.4, 0.5) is 24.5 Å². The fraction of sp³-hybridized carbons (Fsp3) is 0.130. The summed E-state index contributed by atoms with van der Waals surface area (Å²) in [7, 11) is 0. The van der Waals surface area contributed by atoms with Crippen LogP contribution in [0.2, 0.25) is 0 Å². The number of alkyl halides is 3. The van der Waals surface area contributed by atoms with Crippen LogP contribution in [0.3, 0.4) is 0 Å². The van der Waals surface area contributed by atoms with Gasteiger partial charge in [-0.2, -0.15) is 13.2 Å². The summed E-state index contributed by atoms with van der Waals surface area (Å²) >= 11 is 0. The molecule has 1 aliphatic rings. The predicted molar refractivity (Wildman–Crippen MR) is 109 cm³/mol. The largest absolute Gasteiger partial charge is 0.480 e. The number of nitrogens with one attached hydrogen (secondary N) is 2. The van der Waals surface area contributed by atoms with Crippen LogP contribution < -0.4 is 15.4 Å². The zero-order valence-electron chi connectivity index (χ0n) is 16.1. The molecule has 31 heavy (non-hydrogen) atoms. The number of rotatable bonds is 4. The average Bonchev–Trinajstić information content (AvgIpc) is 3.18. The Morgan fingerprint density at radius 3 is 2.32 bits per heavy atom. The molecule has 158 valence electrons. The topological polar surface area (TPSA) is 67.4 Å². The van der Waals surface area contributed by atoms with E-state index in [1.165, 1.54) is 24.3 Å². The number of halogens is 3. The van der Waals surface area contributed by atoms with Crippen molar-refractivity contribution >= 4 is 23.2 Å². The number of hydrogen-bond acceptors (Lipinski definition) is 3. The van der Waals surface area contributed by atoms with Crippen molar-refractivity contribution in [1.29, 1.82) is 0 Å². The van der Waals surface area contributed by atoms with Crippen LogP contribution in [0.1, 0.15) is 21.5 Å². The number of amides is 2. The van der Waals surface area contributed by atoms with Gasteiger partial charge in [-0.05, 0) is 54.1 Å². The minimum atomic E-state index is -4.44. The molecule has 2 N–H and O–H groups in total. The van der Waals surface area contributed by atoms with E-state index in [1.807, 2.05) is 18.2 Å². The van der Waals surface area contributed by atoms with Crippen LogP contribution in [-0.2, 0) is 17.4 Å². The van der Waals surface area contributed by atoms with Crippen LogP contribution in [0.25, 0.3) is 0 Å². The lowest BCUT2D eigenvalue weighted by Crippen LogP contribution is -2.31. The first kappa shape index (κ1) is 20.5. The van der Waals surface area contributed by atoms with Crippen molar-refractivity contribution in [3.05, 3.63) is 89.5 Å². The minimum Gasteiger partial charge on any atom is -0.480 e. The molecule has 0 fully saturated rings. The van der Waals surface area contributed by atoms with Crippen LogP contribution in [0.15, 0.2) is 72.8 Å². The van der Waals surface area contributed by atoms with Gasteiger partial charge in [-0.1, -0.05) is 24.3 Å². The van der Waals surface area contributed by atoms with Gasteiger partial charge in [0, 0.05) is 23.4 Å². The van der Waals surface area contributed by atoms with Gasteiger partial charge in [-0.15, -0.1) is 0 Å². The molecule has 4 rings (SSSR count). The molecule has 0 spiro atoms. The molecule has 1 atom stereocenters. The van der Waals surface area contributed by atoms with Gasteiger partial charge < -0.3 is 15.4 Å². The van der Waals surface area contributed by atoms with Crippen molar-refractivity contribution in [2.45, 2.75) is 18.7 Å². The number of para-hydroxylation sites is 1. The van der Waals surface area contributed by atoms with E-state index in [4.69, 9.17) is 4.74 Å². The normalized spacial score (nSPS) is 15.0. The molecule has 5 nitrogen and oxygen atoms in total. The summed E-state index contributed by atoms with van der Waals surface area (Å²) in [5, 5.41) is 5.27. The van der Waals surface area contributed by atoms with E-state index in [0.717, 1.165) is 17.7 Å². The highest BCUT2D eigenvalue weighted by atomic mass is 19.4. The summed E-state index contributed by atoms with van der Waals surface area (Å²) in [6.07, 6.45) is -4.66. The second-order valence-electron chi connectivity index (χ2n) is 7.02. The van der Waals surface area contributed by atoms with E-state index in [0.29, 0.717) is 17.9 Å². The van der Waals surface area contributed by atoms with E-state index >= 15 is 0 Å². The zero-order chi connectivity index (χ0) is 22.0. The number of hydrogen-bond donors (Lipinski definition) is 2. The van der Waals surface area contributed by atoms with Crippen molar-refractivity contribution in [3.8, 4) is 5.75 Å². The van der Waals surface area contributed by atoms with Gasteiger partial charge in [-0.3, -0.25) is 9.59 Å². The monoisotopic (exact) mass is 426 g/mol. The Kier molecular flexibility index (Phi) is 5.37. The number of anilines is 2. The van der Waals surface area contributed by atoms with Crippen molar-refractivity contribution in [2.75, 3.05) is 10.6 Å². The molecule has 1 unspecified atom stereocenters. The second-order valence-corrected chi connectivity index (χ2v) is 7.02. The Bertz CT molecular complexity index is 1100. The summed E-state index contributed by atoms with van der Waals surface area (Å²) < 4.78 is 43.6. The molecule has 1 heterocycles. The molecule has 0 saturated carbocycles. The summed E-state index contributed by atoms with van der Waals surface area (Å²) in [5.74, 6) is -0.177. The van der Waals surface area contributed by atoms with Crippen molar-refractivity contribution < 1.29 is 27.5 Å². The van der Waals surface area contributed by atoms with Gasteiger partial charge in [0.15, 0.2) is 6.10 Å². The molecular weight excluding hydrogens is 409 g/mol. The van der Waals surface area contributed by atoms with Crippen LogP contribution >= 0.6 is 0 Å². The standard InChI is InChI=1S/C23H17F3N2O3/c24-23(25,26)16-8-10-17(11-9-16)27-21(29)15-5-3-6-18(12-15)28-22(30)20-13-14-4-1-2-7-19(14)31-20/h1-12,20H,13H2,(H,27,29)(H,28,30). The average molecular weight is 426 g/mol. The fourth-order valence-electron chi connectivity index (χ4n) is 3.24. The van der Waals surface area contributed by atoms with Crippen LogP contribution in [0.5, 0.6) is 5.75 Å². The number of fused-ring (bicyclic) bond motifs is 1. The molecule has 0 saturated heterocycles. The Balaban J connectivity index is 1.40. The van der Waals surface area contributed by atoms with Crippen LogP contribution in [-0.4, -0.2) is 17.9 Å². The number of carbonyl (C=O) groups is 2. The molecule has 1 aliphatic heterocycles. The summed E-state index contributed by atoms with van der Waals surface area (Å²) in [5.41, 5.74) is 1.03. The van der Waals surface area contributed by atoms with E-state index in [9.17, 15) is 22.8 Å². The van der Waals surface area contributed by atoms with Gasteiger partial charge in [-0.25, -0.2) is 0 Å². The molecule has 0 aliphatic carbocycles. The lowest BCUT2D eigenvalue weighted by molar-refractivity contribution is -0.137.